The molecule has 0 spiro atoms. The summed E-state index contributed by atoms with van der Waals surface area (Å²) in [5, 5.41) is 6.38. The predicted octanol–water partition coefficient (Wildman–Crippen LogP) is 3.46. The lowest BCUT2D eigenvalue weighted by atomic mass is 10.2. The molecule has 0 fully saturated rings. The summed E-state index contributed by atoms with van der Waals surface area (Å²) in [4.78, 5) is 14.8. The molecule has 1 amide bonds. The van der Waals surface area contributed by atoms with Crippen LogP contribution in [0, 0.1) is 0 Å². The molecule has 1 heterocycles. The van der Waals surface area contributed by atoms with Gasteiger partial charge in [-0.3, -0.25) is 4.79 Å². The van der Waals surface area contributed by atoms with Crippen molar-refractivity contribution in [3.8, 4) is 11.5 Å². The highest BCUT2D eigenvalue weighted by Gasteiger charge is 2.17. The first-order chi connectivity index (χ1) is 14.1. The van der Waals surface area contributed by atoms with Gasteiger partial charge in [-0.2, -0.15) is 0 Å². The van der Waals surface area contributed by atoms with Crippen molar-refractivity contribution in [2.24, 2.45) is 0 Å². The Morgan fingerprint density at radius 3 is 2.79 bits per heavy atom. The molecule has 3 rings (SSSR count). The van der Waals surface area contributed by atoms with E-state index in [2.05, 4.69) is 39.8 Å². The van der Waals surface area contributed by atoms with E-state index in [1.54, 1.807) is 32.4 Å². The van der Waals surface area contributed by atoms with E-state index in [1.807, 2.05) is 6.92 Å². The van der Waals surface area contributed by atoms with Crippen molar-refractivity contribution < 1.29 is 14.3 Å². The van der Waals surface area contributed by atoms with Gasteiger partial charge in [-0.05, 0) is 50.1 Å². The van der Waals surface area contributed by atoms with Crippen LogP contribution >= 0.6 is 0 Å². The smallest absolute Gasteiger partial charge is 0.226 e. The fourth-order valence-electron chi connectivity index (χ4n) is 3.71. The third-order valence-corrected chi connectivity index (χ3v) is 5.26. The third-order valence-electron chi connectivity index (χ3n) is 5.26. The molecule has 1 aliphatic rings. The normalized spacial score (nSPS) is 13.7. The summed E-state index contributed by atoms with van der Waals surface area (Å²) >= 11 is 0. The average Bonchev–Trinajstić information content (AvgIpc) is 3.14. The molecule has 1 aliphatic heterocycles. The van der Waals surface area contributed by atoms with Crippen LogP contribution in [0.5, 0.6) is 11.5 Å². The summed E-state index contributed by atoms with van der Waals surface area (Å²) in [7, 11) is 3.18. The Kier molecular flexibility index (Phi) is 7.36. The number of fused-ring (bicyclic) bond motifs is 1. The number of carbonyl (C=O) groups is 1. The first-order valence-corrected chi connectivity index (χ1v) is 10.2. The molecule has 0 radical (unpaired) electrons. The maximum atomic E-state index is 12.4. The number of ether oxygens (including phenoxy) is 2. The van der Waals surface area contributed by atoms with Gasteiger partial charge in [0.25, 0.3) is 0 Å². The van der Waals surface area contributed by atoms with Crippen LogP contribution in [0.15, 0.2) is 42.5 Å². The molecule has 6 nitrogen and oxygen atoms in total. The maximum absolute atomic E-state index is 12.4. The number of benzene rings is 2. The van der Waals surface area contributed by atoms with Crippen LogP contribution in [-0.4, -0.2) is 45.8 Å². The maximum Gasteiger partial charge on any atom is 0.226 e. The minimum atomic E-state index is -0.0399. The Labute approximate surface area is 173 Å². The number of rotatable bonds is 10. The van der Waals surface area contributed by atoms with Gasteiger partial charge < -0.3 is 25.0 Å². The second-order valence-corrected chi connectivity index (χ2v) is 7.39. The van der Waals surface area contributed by atoms with Crippen LogP contribution in [0.2, 0.25) is 0 Å². The number of nitrogens with zero attached hydrogens (tertiary/aromatic N) is 1. The number of para-hydroxylation sites is 1. The Morgan fingerprint density at radius 1 is 1.17 bits per heavy atom. The molecular formula is C23H31N3O3. The number of methoxy groups -OCH3 is 2. The Balaban J connectivity index is 1.38. The van der Waals surface area contributed by atoms with Gasteiger partial charge in [-0.15, -0.1) is 0 Å². The van der Waals surface area contributed by atoms with Crippen molar-refractivity contribution in [3.05, 3.63) is 48.0 Å². The van der Waals surface area contributed by atoms with Crippen LogP contribution in [0.25, 0.3) is 0 Å². The quantitative estimate of drug-likeness (QED) is 0.601. The summed E-state index contributed by atoms with van der Waals surface area (Å²) < 4.78 is 10.5. The summed E-state index contributed by atoms with van der Waals surface area (Å²) in [5.41, 5.74) is 3.46. The van der Waals surface area contributed by atoms with E-state index < -0.39 is 0 Å². The van der Waals surface area contributed by atoms with E-state index in [1.165, 1.54) is 11.3 Å². The molecule has 0 saturated carbocycles. The van der Waals surface area contributed by atoms with Crippen LogP contribution in [0.1, 0.15) is 25.3 Å². The number of nitrogens with one attached hydrogen (secondary N) is 2. The lowest BCUT2D eigenvalue weighted by molar-refractivity contribution is -0.116. The fraction of sp³-hybridized carbons (Fsp3) is 0.435. The zero-order valence-electron chi connectivity index (χ0n) is 17.5. The number of amides is 1. The van der Waals surface area contributed by atoms with Crippen molar-refractivity contribution >= 4 is 17.3 Å². The van der Waals surface area contributed by atoms with Crippen molar-refractivity contribution in [1.29, 1.82) is 0 Å². The van der Waals surface area contributed by atoms with Gasteiger partial charge in [0, 0.05) is 37.3 Å². The van der Waals surface area contributed by atoms with E-state index >= 15 is 0 Å². The second kappa shape index (κ2) is 10.2. The topological polar surface area (TPSA) is 62.8 Å². The van der Waals surface area contributed by atoms with Crippen molar-refractivity contribution in [2.45, 2.75) is 32.2 Å². The number of carbonyl (C=O) groups excluding carboxylic acids is 1. The zero-order chi connectivity index (χ0) is 20.6. The Morgan fingerprint density at radius 2 is 2.00 bits per heavy atom. The molecular weight excluding hydrogens is 366 g/mol. The van der Waals surface area contributed by atoms with E-state index in [4.69, 9.17) is 9.47 Å². The minimum absolute atomic E-state index is 0.0399. The van der Waals surface area contributed by atoms with Gasteiger partial charge in [0.05, 0.1) is 19.9 Å². The predicted molar refractivity (Wildman–Crippen MR) is 117 cm³/mol. The average molecular weight is 398 g/mol. The van der Waals surface area contributed by atoms with E-state index in [0.29, 0.717) is 23.6 Å². The van der Waals surface area contributed by atoms with E-state index in [9.17, 15) is 4.79 Å². The van der Waals surface area contributed by atoms with Crippen LogP contribution in [-0.2, 0) is 11.2 Å². The Bertz CT molecular complexity index is 825. The molecule has 29 heavy (non-hydrogen) atoms. The summed E-state index contributed by atoms with van der Waals surface area (Å²) in [6, 6.07) is 14.1. The monoisotopic (exact) mass is 397 g/mol. The standard InChI is InChI=1S/C23H31N3O3/c1-17(15-23(27)25-20-10-9-19(28-2)16-22(20)29-3)24-12-6-13-26-14-11-18-7-4-5-8-21(18)26/h4-5,7-10,16-17,24H,6,11-15H2,1-3H3,(H,25,27). The van der Waals surface area contributed by atoms with Crippen molar-refractivity contribution in [1.82, 2.24) is 5.32 Å². The highest BCUT2D eigenvalue weighted by molar-refractivity contribution is 5.92. The molecule has 6 heteroatoms. The largest absolute Gasteiger partial charge is 0.497 e. The SMILES string of the molecule is COc1ccc(NC(=O)CC(C)NCCCN2CCc3ccccc32)c(OC)c1. The lowest BCUT2D eigenvalue weighted by Gasteiger charge is -2.20. The molecule has 156 valence electrons. The van der Waals surface area contributed by atoms with Gasteiger partial charge in [-0.25, -0.2) is 0 Å². The summed E-state index contributed by atoms with van der Waals surface area (Å²) in [6.07, 6.45) is 2.59. The van der Waals surface area contributed by atoms with E-state index in [-0.39, 0.29) is 11.9 Å². The minimum Gasteiger partial charge on any atom is -0.497 e. The first-order valence-electron chi connectivity index (χ1n) is 10.2. The van der Waals surface area contributed by atoms with Gasteiger partial charge in [-0.1, -0.05) is 18.2 Å². The molecule has 2 aromatic carbocycles. The van der Waals surface area contributed by atoms with Crippen LogP contribution in [0.3, 0.4) is 0 Å². The lowest BCUT2D eigenvalue weighted by Crippen LogP contribution is -2.33. The first kappa shape index (κ1) is 21.0. The zero-order valence-corrected chi connectivity index (χ0v) is 17.5. The van der Waals surface area contributed by atoms with Gasteiger partial charge in [0.15, 0.2) is 0 Å². The number of hydrogen-bond donors (Lipinski definition) is 2. The van der Waals surface area contributed by atoms with E-state index in [0.717, 1.165) is 32.5 Å². The van der Waals surface area contributed by atoms with Crippen LogP contribution in [0.4, 0.5) is 11.4 Å². The molecule has 2 aromatic rings. The highest BCUT2D eigenvalue weighted by Crippen LogP contribution is 2.29. The fourth-order valence-corrected chi connectivity index (χ4v) is 3.71. The van der Waals surface area contributed by atoms with Crippen molar-refractivity contribution in [3.63, 3.8) is 0 Å². The Hall–Kier alpha value is -2.73. The number of anilines is 2. The molecule has 0 aromatic heterocycles. The summed E-state index contributed by atoms with van der Waals surface area (Å²) in [6.45, 7) is 5.06. The molecule has 0 aliphatic carbocycles. The van der Waals surface area contributed by atoms with Gasteiger partial charge >= 0.3 is 0 Å². The molecule has 1 unspecified atom stereocenters. The highest BCUT2D eigenvalue weighted by atomic mass is 16.5. The molecule has 2 N–H and O–H groups in total. The molecule has 0 saturated heterocycles. The van der Waals surface area contributed by atoms with Gasteiger partial charge in [0.1, 0.15) is 11.5 Å². The van der Waals surface area contributed by atoms with Crippen LogP contribution < -0.4 is 25.0 Å². The number of hydrogen-bond acceptors (Lipinski definition) is 5. The van der Waals surface area contributed by atoms with Gasteiger partial charge in [0.2, 0.25) is 5.91 Å². The van der Waals surface area contributed by atoms with Crippen molar-refractivity contribution in [2.75, 3.05) is 44.1 Å². The summed E-state index contributed by atoms with van der Waals surface area (Å²) in [5.74, 6) is 1.24. The molecule has 0 bridgehead atoms. The molecule has 1 atom stereocenters. The second-order valence-electron chi connectivity index (χ2n) is 7.39. The third kappa shape index (κ3) is 5.64.